The van der Waals surface area contributed by atoms with Gasteiger partial charge in [0.1, 0.15) is 11.2 Å². The van der Waals surface area contributed by atoms with Crippen molar-refractivity contribution in [3.8, 4) is 27.9 Å². The lowest BCUT2D eigenvalue weighted by atomic mass is 9.98. The van der Waals surface area contributed by atoms with Crippen molar-refractivity contribution in [1.82, 2.24) is 9.55 Å². The van der Waals surface area contributed by atoms with Crippen LogP contribution in [0.1, 0.15) is 0 Å². The summed E-state index contributed by atoms with van der Waals surface area (Å²) >= 11 is 0. The van der Waals surface area contributed by atoms with E-state index in [0.717, 1.165) is 33.0 Å². The minimum atomic E-state index is 0.903. The maximum atomic E-state index is 6.32. The Hall–Kier alpha value is -6.06. The molecule has 10 rings (SSSR count). The van der Waals surface area contributed by atoms with Crippen LogP contribution in [0.5, 0.6) is 0 Å². The van der Waals surface area contributed by atoms with Crippen LogP contribution in [0.4, 0.5) is 0 Å². The van der Waals surface area contributed by atoms with E-state index < -0.39 is 0 Å². The Kier molecular flexibility index (Phi) is 5.00. The molecule has 0 saturated carbocycles. The predicted molar refractivity (Wildman–Crippen MR) is 188 cm³/mol. The molecule has 1 N–H and O–H groups in total. The first kappa shape index (κ1) is 24.4. The molecule has 0 amide bonds. The third-order valence-corrected chi connectivity index (χ3v) is 9.33. The molecule has 0 radical (unpaired) electrons. The number of para-hydroxylation sites is 3. The number of nitrogens with zero attached hydrogens (tertiary/aromatic N) is 1. The van der Waals surface area contributed by atoms with Gasteiger partial charge in [-0.3, -0.25) is 0 Å². The number of aromatic amines is 1. The van der Waals surface area contributed by atoms with Gasteiger partial charge in [-0.2, -0.15) is 0 Å². The Balaban J connectivity index is 1.12. The Labute approximate surface area is 258 Å². The van der Waals surface area contributed by atoms with E-state index in [1.165, 1.54) is 60.5 Å². The summed E-state index contributed by atoms with van der Waals surface area (Å²) < 4.78 is 8.68. The summed E-state index contributed by atoms with van der Waals surface area (Å²) in [5.74, 6) is 0. The first-order valence-electron chi connectivity index (χ1n) is 15.3. The van der Waals surface area contributed by atoms with Crippen LogP contribution in [-0.2, 0) is 0 Å². The summed E-state index contributed by atoms with van der Waals surface area (Å²) in [5, 5.41) is 7.25. The first-order chi connectivity index (χ1) is 22.3. The number of benzene rings is 7. The summed E-state index contributed by atoms with van der Waals surface area (Å²) in [6.07, 6.45) is 0. The highest BCUT2D eigenvalue weighted by Gasteiger charge is 2.15. The van der Waals surface area contributed by atoms with Gasteiger partial charge < -0.3 is 14.0 Å². The number of hydrogen-bond donors (Lipinski definition) is 1. The Morgan fingerprint density at radius 2 is 0.911 bits per heavy atom. The van der Waals surface area contributed by atoms with Gasteiger partial charge in [0.2, 0.25) is 0 Å². The van der Waals surface area contributed by atoms with E-state index in [-0.39, 0.29) is 0 Å². The van der Waals surface area contributed by atoms with E-state index in [1.807, 2.05) is 0 Å². The van der Waals surface area contributed by atoms with Crippen molar-refractivity contribution in [3.05, 3.63) is 152 Å². The Bertz CT molecular complexity index is 2760. The van der Waals surface area contributed by atoms with E-state index in [2.05, 4.69) is 161 Å². The van der Waals surface area contributed by atoms with Crippen molar-refractivity contribution >= 4 is 65.6 Å². The van der Waals surface area contributed by atoms with E-state index in [4.69, 9.17) is 4.42 Å². The van der Waals surface area contributed by atoms with Crippen LogP contribution in [0.3, 0.4) is 0 Å². The lowest BCUT2D eigenvalue weighted by molar-refractivity contribution is 0.669. The minimum absolute atomic E-state index is 0.903. The maximum Gasteiger partial charge on any atom is 0.135 e. The molecule has 3 nitrogen and oxygen atoms in total. The van der Waals surface area contributed by atoms with Gasteiger partial charge in [-0.05, 0) is 95.1 Å². The number of rotatable bonds is 3. The molecule has 0 fully saturated rings. The van der Waals surface area contributed by atoms with Crippen LogP contribution in [0.15, 0.2) is 156 Å². The predicted octanol–water partition coefficient (Wildman–Crippen LogP) is 11.7. The van der Waals surface area contributed by atoms with Gasteiger partial charge in [0.15, 0.2) is 0 Å². The topological polar surface area (TPSA) is 33.9 Å². The van der Waals surface area contributed by atoms with Crippen molar-refractivity contribution in [2.45, 2.75) is 0 Å². The molecule has 7 aromatic carbocycles. The van der Waals surface area contributed by atoms with Crippen LogP contribution in [0, 0.1) is 0 Å². The van der Waals surface area contributed by atoms with Crippen molar-refractivity contribution in [2.24, 2.45) is 0 Å². The van der Waals surface area contributed by atoms with E-state index in [0.29, 0.717) is 0 Å². The zero-order valence-corrected chi connectivity index (χ0v) is 24.3. The van der Waals surface area contributed by atoms with Crippen LogP contribution < -0.4 is 0 Å². The fraction of sp³-hybridized carbons (Fsp3) is 0. The molecule has 210 valence electrons. The van der Waals surface area contributed by atoms with Gasteiger partial charge in [-0.15, -0.1) is 0 Å². The molecule has 0 saturated heterocycles. The molecule has 3 aromatic heterocycles. The van der Waals surface area contributed by atoms with Gasteiger partial charge in [-0.1, -0.05) is 78.9 Å². The number of hydrogen-bond acceptors (Lipinski definition) is 1. The molecule has 0 aliphatic heterocycles. The summed E-state index contributed by atoms with van der Waals surface area (Å²) in [6, 6.07) is 54.4. The van der Waals surface area contributed by atoms with E-state index >= 15 is 0 Å². The van der Waals surface area contributed by atoms with Gasteiger partial charge >= 0.3 is 0 Å². The van der Waals surface area contributed by atoms with Crippen molar-refractivity contribution in [1.29, 1.82) is 0 Å². The smallest absolute Gasteiger partial charge is 0.135 e. The third-order valence-electron chi connectivity index (χ3n) is 9.33. The zero-order valence-electron chi connectivity index (χ0n) is 24.3. The monoisotopic (exact) mass is 574 g/mol. The molecule has 0 aliphatic rings. The summed E-state index contributed by atoms with van der Waals surface area (Å²) in [5.41, 5.74) is 12.5. The van der Waals surface area contributed by atoms with Crippen molar-refractivity contribution in [2.75, 3.05) is 0 Å². The SMILES string of the molecule is c1ccc(-n2c3ccccc3c3cc(-c4ccc5oc6ccc(-c7ccc8[nH]c9ccccc9c8c7)cc6c5c4)ccc32)cc1. The molecule has 3 heterocycles. The quantitative estimate of drug-likeness (QED) is 0.224. The van der Waals surface area contributed by atoms with Crippen LogP contribution >= 0.6 is 0 Å². The molecule has 3 heteroatoms. The molecule has 0 aliphatic carbocycles. The molecule has 0 atom stereocenters. The molecule has 45 heavy (non-hydrogen) atoms. The second-order valence-corrected chi connectivity index (χ2v) is 11.9. The van der Waals surface area contributed by atoms with Gasteiger partial charge in [0.25, 0.3) is 0 Å². The average Bonchev–Trinajstić information content (AvgIpc) is 3.77. The standard InChI is InChI=1S/C42H26N2O/c1-2-8-30(9-3-1)44-39-13-7-5-11-32(39)34-23-27(15-19-40(34)44)29-17-21-42-36(25-29)35-24-28(16-20-41(35)45-42)26-14-18-38-33(22-26)31-10-4-6-12-37(31)43-38/h1-25,43H. The second-order valence-electron chi connectivity index (χ2n) is 11.9. The lowest BCUT2D eigenvalue weighted by Gasteiger charge is -2.08. The van der Waals surface area contributed by atoms with Crippen molar-refractivity contribution in [3.63, 3.8) is 0 Å². The molecule has 10 aromatic rings. The van der Waals surface area contributed by atoms with Crippen LogP contribution in [0.2, 0.25) is 0 Å². The van der Waals surface area contributed by atoms with Gasteiger partial charge in [-0.25, -0.2) is 0 Å². The highest BCUT2D eigenvalue weighted by Crippen LogP contribution is 2.39. The molecular weight excluding hydrogens is 548 g/mol. The molecule has 0 bridgehead atoms. The van der Waals surface area contributed by atoms with Gasteiger partial charge in [0, 0.05) is 49.0 Å². The number of fused-ring (bicyclic) bond motifs is 9. The van der Waals surface area contributed by atoms with E-state index in [9.17, 15) is 0 Å². The average molecular weight is 575 g/mol. The summed E-state index contributed by atoms with van der Waals surface area (Å²) in [7, 11) is 0. The number of nitrogens with one attached hydrogen (secondary N) is 1. The largest absolute Gasteiger partial charge is 0.456 e. The molecular formula is C42H26N2O. The van der Waals surface area contributed by atoms with Crippen molar-refractivity contribution < 1.29 is 4.42 Å². The van der Waals surface area contributed by atoms with Crippen LogP contribution in [0.25, 0.3) is 93.5 Å². The normalized spacial score (nSPS) is 12.0. The highest BCUT2D eigenvalue weighted by atomic mass is 16.3. The Morgan fingerprint density at radius 3 is 1.67 bits per heavy atom. The van der Waals surface area contributed by atoms with Gasteiger partial charge in [0.05, 0.1) is 11.0 Å². The fourth-order valence-corrected chi connectivity index (χ4v) is 7.17. The highest BCUT2D eigenvalue weighted by molar-refractivity contribution is 6.12. The maximum absolute atomic E-state index is 6.32. The number of H-pyrrole nitrogens is 1. The summed E-state index contributed by atoms with van der Waals surface area (Å²) in [4.78, 5) is 3.54. The summed E-state index contributed by atoms with van der Waals surface area (Å²) in [6.45, 7) is 0. The first-order valence-corrected chi connectivity index (χ1v) is 15.3. The zero-order chi connectivity index (χ0) is 29.5. The molecule has 0 spiro atoms. The fourth-order valence-electron chi connectivity index (χ4n) is 7.17. The second kappa shape index (κ2) is 9.22. The Morgan fingerprint density at radius 1 is 0.378 bits per heavy atom. The minimum Gasteiger partial charge on any atom is -0.456 e. The van der Waals surface area contributed by atoms with E-state index in [1.54, 1.807) is 0 Å². The third kappa shape index (κ3) is 3.65. The molecule has 0 unspecified atom stereocenters. The number of aromatic nitrogens is 2. The van der Waals surface area contributed by atoms with Crippen LogP contribution in [-0.4, -0.2) is 9.55 Å². The lowest BCUT2D eigenvalue weighted by Crippen LogP contribution is -1.92. The number of furan rings is 1.